The van der Waals surface area contributed by atoms with Crippen LogP contribution in [-0.4, -0.2) is 26.7 Å². The van der Waals surface area contributed by atoms with Crippen LogP contribution < -0.4 is 14.2 Å². The predicted octanol–water partition coefficient (Wildman–Crippen LogP) is 11.5. The minimum atomic E-state index is -0.891. The van der Waals surface area contributed by atoms with E-state index in [1.807, 2.05) is 30.3 Å². The van der Waals surface area contributed by atoms with Gasteiger partial charge in [0, 0.05) is 37.3 Å². The third-order valence-corrected chi connectivity index (χ3v) is 12.9. The molecule has 0 amide bonds. The maximum Gasteiger partial charge on any atom is 0.178 e. The van der Waals surface area contributed by atoms with E-state index in [0.717, 1.165) is 65.0 Å². The van der Waals surface area contributed by atoms with E-state index < -0.39 is 5.60 Å². The van der Waals surface area contributed by atoms with Gasteiger partial charge < -0.3 is 14.2 Å². The van der Waals surface area contributed by atoms with Crippen LogP contribution in [0.1, 0.15) is 78.3 Å². The molecule has 1 aliphatic heterocycles. The Morgan fingerprint density at radius 1 is 0.720 bits per heavy atom. The molecule has 1 spiro atoms. The van der Waals surface area contributed by atoms with E-state index in [2.05, 4.69) is 79.3 Å². The second kappa shape index (κ2) is 13.1. The summed E-state index contributed by atoms with van der Waals surface area (Å²) < 4.78 is 18.8. The van der Waals surface area contributed by atoms with Crippen LogP contribution in [0.15, 0.2) is 94.7 Å². The molecule has 6 heteroatoms. The molecular formula is C44H41NO3S2. The normalized spacial score (nSPS) is 16.8. The van der Waals surface area contributed by atoms with Crippen molar-refractivity contribution < 1.29 is 14.2 Å². The fraction of sp³-hybridized carbons (Fsp3) is 0.295. The van der Waals surface area contributed by atoms with Gasteiger partial charge in [-0.25, -0.2) is 0 Å². The molecule has 8 rings (SSSR count). The van der Waals surface area contributed by atoms with E-state index in [4.69, 9.17) is 14.2 Å². The van der Waals surface area contributed by atoms with E-state index in [-0.39, 0.29) is 5.41 Å². The smallest absolute Gasteiger partial charge is 0.178 e. The molecule has 0 unspecified atom stereocenters. The summed E-state index contributed by atoms with van der Waals surface area (Å²) in [5, 5.41) is 12.4. The molecule has 0 radical (unpaired) electrons. The maximum absolute atomic E-state index is 10.1. The molecule has 0 atom stereocenters. The van der Waals surface area contributed by atoms with E-state index in [1.54, 1.807) is 37.7 Å². The first-order chi connectivity index (χ1) is 24.5. The summed E-state index contributed by atoms with van der Waals surface area (Å²) >= 11 is 3.57. The Bertz CT molecular complexity index is 2120. The highest BCUT2D eigenvalue weighted by atomic mass is 32.2. The third kappa shape index (κ3) is 5.04. The molecule has 0 saturated heterocycles. The van der Waals surface area contributed by atoms with Crippen LogP contribution in [0.25, 0.3) is 28.0 Å². The van der Waals surface area contributed by atoms with Gasteiger partial charge in [-0.3, -0.25) is 0 Å². The Morgan fingerprint density at radius 3 is 1.86 bits per heavy atom. The fourth-order valence-corrected chi connectivity index (χ4v) is 10.3. The van der Waals surface area contributed by atoms with E-state index in [0.29, 0.717) is 0 Å². The monoisotopic (exact) mass is 695 g/mol. The van der Waals surface area contributed by atoms with Crippen LogP contribution >= 0.6 is 23.5 Å². The van der Waals surface area contributed by atoms with Gasteiger partial charge in [-0.15, -0.1) is 23.5 Å². The molecule has 0 N–H and O–H groups in total. The summed E-state index contributed by atoms with van der Waals surface area (Å²) in [6, 6.07) is 30.2. The van der Waals surface area contributed by atoms with Crippen LogP contribution in [0.5, 0.6) is 17.2 Å². The number of hydrogen-bond donors (Lipinski definition) is 0. The summed E-state index contributed by atoms with van der Waals surface area (Å²) in [7, 11) is 3.40. The third-order valence-electron chi connectivity index (χ3n) is 11.2. The van der Waals surface area contributed by atoms with Gasteiger partial charge in [-0.2, -0.15) is 5.26 Å². The van der Waals surface area contributed by atoms with Gasteiger partial charge >= 0.3 is 0 Å². The standard InChI is InChI=1S/C44H41NO3S2/c1-46-31-15-11-29(12-16-31)44(30-13-17-32(47-2)18-14-30)23-20-34-41-40(35-25-38(49-3)39(50-4)26-36(35)42(34)48-44)33-19-10-28(27-45)24-37(33)43(41)21-8-6-5-7-9-22-43/h10-20,23-26H,5-9,21-22H2,1-4H3. The first-order valence-corrected chi connectivity index (χ1v) is 19.9. The Hall–Kier alpha value is -4.31. The van der Waals surface area contributed by atoms with Gasteiger partial charge in [0.15, 0.2) is 5.60 Å². The molecule has 3 aliphatic rings. The Balaban J connectivity index is 1.47. The lowest BCUT2D eigenvalue weighted by Crippen LogP contribution is -2.35. The molecule has 5 aromatic rings. The van der Waals surface area contributed by atoms with E-state index >= 15 is 0 Å². The van der Waals surface area contributed by atoms with Crippen molar-refractivity contribution >= 4 is 40.4 Å². The summed E-state index contributed by atoms with van der Waals surface area (Å²) in [5.41, 5.74) is 8.14. The molecule has 1 heterocycles. The van der Waals surface area contributed by atoms with Crippen molar-refractivity contribution in [1.82, 2.24) is 0 Å². The molecule has 50 heavy (non-hydrogen) atoms. The number of fused-ring (bicyclic) bond motifs is 10. The van der Waals surface area contributed by atoms with Crippen LogP contribution in [0.4, 0.5) is 0 Å². The average molecular weight is 696 g/mol. The number of nitrogens with zero attached hydrogens (tertiary/aromatic N) is 1. The quantitative estimate of drug-likeness (QED) is 0.165. The van der Waals surface area contributed by atoms with Gasteiger partial charge in [-0.1, -0.05) is 68.5 Å². The molecular weight excluding hydrogens is 655 g/mol. The first-order valence-electron chi connectivity index (χ1n) is 17.5. The summed E-state index contributed by atoms with van der Waals surface area (Å²) in [5.74, 6) is 2.53. The van der Waals surface area contributed by atoms with Crippen LogP contribution in [0, 0.1) is 11.3 Å². The van der Waals surface area contributed by atoms with Gasteiger partial charge in [0.25, 0.3) is 0 Å². The predicted molar refractivity (Wildman–Crippen MR) is 207 cm³/mol. The van der Waals surface area contributed by atoms with Crippen molar-refractivity contribution in [1.29, 1.82) is 5.26 Å². The van der Waals surface area contributed by atoms with Gasteiger partial charge in [-0.05, 0) is 108 Å². The average Bonchev–Trinajstić information content (AvgIpc) is 3.45. The summed E-state index contributed by atoms with van der Waals surface area (Å²) in [4.78, 5) is 2.51. The number of rotatable bonds is 6. The molecule has 5 aromatic carbocycles. The topological polar surface area (TPSA) is 51.5 Å². The van der Waals surface area contributed by atoms with Crippen molar-refractivity contribution in [2.75, 3.05) is 26.7 Å². The number of thioether (sulfide) groups is 2. The lowest BCUT2D eigenvalue weighted by molar-refractivity contribution is 0.163. The lowest BCUT2D eigenvalue weighted by Gasteiger charge is -2.40. The maximum atomic E-state index is 10.1. The zero-order valence-electron chi connectivity index (χ0n) is 29.1. The van der Waals surface area contributed by atoms with E-state index in [1.165, 1.54) is 62.3 Å². The molecule has 0 aromatic heterocycles. The molecule has 0 bridgehead atoms. The van der Waals surface area contributed by atoms with Crippen molar-refractivity contribution in [3.05, 3.63) is 118 Å². The second-order valence-corrected chi connectivity index (χ2v) is 15.3. The van der Waals surface area contributed by atoms with Crippen molar-refractivity contribution in [2.45, 2.75) is 65.8 Å². The highest BCUT2D eigenvalue weighted by Gasteiger charge is 2.48. The number of benzene rings is 5. The van der Waals surface area contributed by atoms with Gasteiger partial charge in [0.1, 0.15) is 17.2 Å². The largest absolute Gasteiger partial charge is 0.497 e. The molecule has 4 nitrogen and oxygen atoms in total. The molecule has 252 valence electrons. The number of ether oxygens (including phenoxy) is 3. The van der Waals surface area contributed by atoms with Gasteiger partial charge in [0.2, 0.25) is 0 Å². The molecule has 1 saturated carbocycles. The Labute approximate surface area is 303 Å². The zero-order valence-corrected chi connectivity index (χ0v) is 30.7. The summed E-state index contributed by atoms with van der Waals surface area (Å²) in [6.07, 6.45) is 17.1. The van der Waals surface area contributed by atoms with Crippen molar-refractivity contribution in [3.63, 3.8) is 0 Å². The van der Waals surface area contributed by atoms with Crippen molar-refractivity contribution in [3.8, 4) is 34.4 Å². The van der Waals surface area contributed by atoms with Crippen LogP contribution in [0.3, 0.4) is 0 Å². The van der Waals surface area contributed by atoms with Crippen molar-refractivity contribution in [2.24, 2.45) is 0 Å². The highest BCUT2D eigenvalue weighted by Crippen LogP contribution is 2.62. The van der Waals surface area contributed by atoms with Crippen LogP contribution in [0.2, 0.25) is 0 Å². The minimum absolute atomic E-state index is 0.193. The second-order valence-electron chi connectivity index (χ2n) is 13.6. The summed E-state index contributed by atoms with van der Waals surface area (Å²) in [6.45, 7) is 0. The Morgan fingerprint density at radius 2 is 1.30 bits per heavy atom. The molecule has 1 fully saturated rings. The number of nitriles is 1. The molecule has 2 aliphatic carbocycles. The highest BCUT2D eigenvalue weighted by molar-refractivity contribution is 8.01. The SMILES string of the molecule is COc1ccc(C2(c3ccc(OC)cc3)C=Cc3c4c(c5cc(SC)c(SC)cc5c3O2)-c2ccc(C#N)cc2C42CCCCCCC2)cc1. The zero-order chi connectivity index (χ0) is 34.5. The fourth-order valence-electron chi connectivity index (χ4n) is 8.79. The van der Waals surface area contributed by atoms with Gasteiger partial charge in [0.05, 0.1) is 25.9 Å². The lowest BCUT2D eigenvalue weighted by atomic mass is 9.67. The number of hydrogen-bond acceptors (Lipinski definition) is 6. The van der Waals surface area contributed by atoms with E-state index in [9.17, 15) is 5.26 Å². The van der Waals surface area contributed by atoms with Crippen LogP contribution in [-0.2, 0) is 11.0 Å². The minimum Gasteiger partial charge on any atom is -0.497 e. The first kappa shape index (κ1) is 32.9. The number of methoxy groups -OCH3 is 2. The Kier molecular flexibility index (Phi) is 8.61.